The Morgan fingerprint density at radius 2 is 2.11 bits per heavy atom. The quantitative estimate of drug-likeness (QED) is 0.913. The van der Waals surface area contributed by atoms with Gasteiger partial charge in [0.1, 0.15) is 17.3 Å². The zero-order valence-corrected chi connectivity index (χ0v) is 11.7. The lowest BCUT2D eigenvalue weighted by Crippen LogP contribution is -2.17. The molecule has 19 heavy (non-hydrogen) atoms. The summed E-state index contributed by atoms with van der Waals surface area (Å²) in [6.45, 7) is 2.50. The highest BCUT2D eigenvalue weighted by atomic mass is 79.9. The van der Waals surface area contributed by atoms with Gasteiger partial charge in [0.05, 0.1) is 5.69 Å². The Bertz CT molecular complexity index is 625. The molecule has 0 saturated heterocycles. The molecule has 0 spiro atoms. The number of rotatable bonds is 3. The van der Waals surface area contributed by atoms with Gasteiger partial charge in [0, 0.05) is 23.3 Å². The van der Waals surface area contributed by atoms with Gasteiger partial charge in [-0.05, 0) is 41.1 Å². The van der Waals surface area contributed by atoms with Crippen molar-refractivity contribution < 1.29 is 13.6 Å². The smallest absolute Gasteiger partial charge is 0.272 e. The van der Waals surface area contributed by atoms with Crippen LogP contribution in [0.4, 0.5) is 14.5 Å². The van der Waals surface area contributed by atoms with Crippen LogP contribution in [0.15, 0.2) is 34.9 Å². The molecule has 3 nitrogen and oxygen atoms in total. The predicted molar refractivity (Wildman–Crippen MR) is 72.1 cm³/mol. The summed E-state index contributed by atoms with van der Waals surface area (Å²) in [4.78, 5) is 12.0. The monoisotopic (exact) mass is 328 g/mol. The number of benzene rings is 1. The average molecular weight is 329 g/mol. The van der Waals surface area contributed by atoms with Gasteiger partial charge >= 0.3 is 0 Å². The molecular formula is C13H11BrF2N2O. The Hall–Kier alpha value is -1.69. The summed E-state index contributed by atoms with van der Waals surface area (Å²) in [5, 5.41) is 2.42. The molecule has 2 rings (SSSR count). The number of nitrogens with zero attached hydrogens (tertiary/aromatic N) is 1. The molecule has 0 fully saturated rings. The van der Waals surface area contributed by atoms with Crippen LogP contribution in [0.25, 0.3) is 0 Å². The molecule has 0 aliphatic carbocycles. The molecule has 1 N–H and O–H groups in total. The zero-order valence-electron chi connectivity index (χ0n) is 10.1. The summed E-state index contributed by atoms with van der Waals surface area (Å²) in [6, 6.07) is 4.65. The third-order valence-corrected chi connectivity index (χ3v) is 3.05. The van der Waals surface area contributed by atoms with Crippen LogP contribution in [-0.2, 0) is 6.54 Å². The molecule has 0 atom stereocenters. The van der Waals surface area contributed by atoms with Crippen LogP contribution in [0.1, 0.15) is 17.4 Å². The summed E-state index contributed by atoms with van der Waals surface area (Å²) >= 11 is 3.28. The molecule has 0 bridgehead atoms. The zero-order chi connectivity index (χ0) is 14.0. The second-order valence-corrected chi connectivity index (χ2v) is 4.82. The van der Waals surface area contributed by atoms with Crippen LogP contribution >= 0.6 is 15.9 Å². The van der Waals surface area contributed by atoms with Gasteiger partial charge in [-0.15, -0.1) is 0 Å². The van der Waals surface area contributed by atoms with Gasteiger partial charge in [0.25, 0.3) is 5.91 Å². The van der Waals surface area contributed by atoms with Gasteiger partial charge < -0.3 is 9.88 Å². The highest BCUT2D eigenvalue weighted by Gasteiger charge is 2.14. The van der Waals surface area contributed by atoms with E-state index >= 15 is 0 Å². The number of hydrogen-bond donors (Lipinski definition) is 1. The van der Waals surface area contributed by atoms with Crippen LogP contribution in [0.5, 0.6) is 0 Å². The number of anilines is 1. The maximum atomic E-state index is 13.4. The van der Waals surface area contributed by atoms with Crippen molar-refractivity contribution in [2.24, 2.45) is 0 Å². The van der Waals surface area contributed by atoms with Gasteiger partial charge in [0.15, 0.2) is 0 Å². The number of amides is 1. The first kappa shape index (κ1) is 13.7. The minimum absolute atomic E-state index is 0.0497. The van der Waals surface area contributed by atoms with Crippen molar-refractivity contribution in [3.8, 4) is 0 Å². The van der Waals surface area contributed by atoms with Gasteiger partial charge in [-0.25, -0.2) is 8.78 Å². The summed E-state index contributed by atoms with van der Waals surface area (Å²) < 4.78 is 28.7. The van der Waals surface area contributed by atoms with Gasteiger partial charge in [-0.1, -0.05) is 0 Å². The fraction of sp³-hybridized carbons (Fsp3) is 0.154. The van der Waals surface area contributed by atoms with Crippen LogP contribution in [0, 0.1) is 11.6 Å². The number of aryl methyl sites for hydroxylation is 1. The summed E-state index contributed by atoms with van der Waals surface area (Å²) in [5.74, 6) is -1.93. The molecule has 2 aromatic rings. The van der Waals surface area contributed by atoms with Crippen molar-refractivity contribution >= 4 is 27.5 Å². The maximum Gasteiger partial charge on any atom is 0.272 e. The summed E-state index contributed by atoms with van der Waals surface area (Å²) in [5.41, 5.74) is 0.351. The third-order valence-electron chi connectivity index (χ3n) is 2.62. The number of hydrogen-bond acceptors (Lipinski definition) is 1. The van der Waals surface area contributed by atoms with Crippen molar-refractivity contribution in [2.45, 2.75) is 13.5 Å². The summed E-state index contributed by atoms with van der Waals surface area (Å²) in [6.07, 6.45) is 1.76. The Morgan fingerprint density at radius 1 is 1.37 bits per heavy atom. The van der Waals surface area contributed by atoms with Crippen LogP contribution in [0.3, 0.4) is 0 Å². The van der Waals surface area contributed by atoms with E-state index in [0.717, 1.165) is 16.6 Å². The number of halogens is 3. The van der Waals surface area contributed by atoms with Gasteiger partial charge in [-0.2, -0.15) is 0 Å². The van der Waals surface area contributed by atoms with E-state index in [9.17, 15) is 13.6 Å². The molecule has 100 valence electrons. The minimum atomic E-state index is -0.804. The highest BCUT2D eigenvalue weighted by molar-refractivity contribution is 9.10. The number of nitrogens with one attached hydrogen (secondary N) is 1. The molecule has 0 unspecified atom stereocenters. The van der Waals surface area contributed by atoms with Crippen LogP contribution < -0.4 is 5.32 Å². The van der Waals surface area contributed by atoms with E-state index in [1.165, 1.54) is 6.07 Å². The average Bonchev–Trinajstić information content (AvgIpc) is 2.74. The largest absolute Gasteiger partial charge is 0.343 e. The Morgan fingerprint density at radius 3 is 2.74 bits per heavy atom. The molecular weight excluding hydrogens is 318 g/mol. The fourth-order valence-corrected chi connectivity index (χ4v) is 2.17. The van der Waals surface area contributed by atoms with E-state index in [-0.39, 0.29) is 5.69 Å². The van der Waals surface area contributed by atoms with E-state index in [1.807, 2.05) is 6.92 Å². The molecule has 0 saturated carbocycles. The number of carbonyl (C=O) groups excluding carboxylic acids is 1. The van der Waals surface area contributed by atoms with E-state index < -0.39 is 17.5 Å². The lowest BCUT2D eigenvalue weighted by molar-refractivity contribution is 0.101. The van der Waals surface area contributed by atoms with Crippen molar-refractivity contribution in [1.82, 2.24) is 4.57 Å². The Balaban J connectivity index is 2.25. The van der Waals surface area contributed by atoms with Crippen molar-refractivity contribution in [2.75, 3.05) is 5.32 Å². The molecule has 1 heterocycles. The van der Waals surface area contributed by atoms with Crippen molar-refractivity contribution in [3.63, 3.8) is 0 Å². The van der Waals surface area contributed by atoms with Crippen LogP contribution in [-0.4, -0.2) is 10.5 Å². The molecule has 1 amide bonds. The lowest BCUT2D eigenvalue weighted by atomic mass is 10.3. The lowest BCUT2D eigenvalue weighted by Gasteiger charge is -2.08. The summed E-state index contributed by atoms with van der Waals surface area (Å²) in [7, 11) is 0. The SMILES string of the molecule is CCn1cc(Br)cc1C(=O)Nc1ccc(F)cc1F. The standard InChI is InChI=1S/C13H11BrF2N2O/c1-2-18-7-8(14)5-12(18)13(19)17-11-4-3-9(15)6-10(11)16/h3-7H,2H2,1H3,(H,17,19). The molecule has 0 radical (unpaired) electrons. The van der Waals surface area contributed by atoms with Gasteiger partial charge in [0.2, 0.25) is 0 Å². The van der Waals surface area contributed by atoms with Crippen molar-refractivity contribution in [3.05, 3.63) is 52.3 Å². The predicted octanol–water partition coefficient (Wildman–Crippen LogP) is 3.80. The number of carbonyl (C=O) groups is 1. The second-order valence-electron chi connectivity index (χ2n) is 3.91. The molecule has 0 aliphatic heterocycles. The third kappa shape index (κ3) is 3.01. The second kappa shape index (κ2) is 5.52. The Labute approximate surface area is 117 Å². The topological polar surface area (TPSA) is 34.0 Å². The van der Waals surface area contributed by atoms with E-state index in [2.05, 4.69) is 21.2 Å². The van der Waals surface area contributed by atoms with Crippen LogP contribution in [0.2, 0.25) is 0 Å². The highest BCUT2D eigenvalue weighted by Crippen LogP contribution is 2.19. The first-order chi connectivity index (χ1) is 9.01. The van der Waals surface area contributed by atoms with E-state index in [0.29, 0.717) is 12.2 Å². The normalized spacial score (nSPS) is 10.5. The molecule has 1 aromatic heterocycles. The fourth-order valence-electron chi connectivity index (χ4n) is 1.70. The molecule has 1 aromatic carbocycles. The van der Waals surface area contributed by atoms with Crippen molar-refractivity contribution in [1.29, 1.82) is 0 Å². The molecule has 0 aliphatic rings. The first-order valence-corrected chi connectivity index (χ1v) is 6.42. The van der Waals surface area contributed by atoms with E-state index in [4.69, 9.17) is 0 Å². The molecule has 6 heteroatoms. The minimum Gasteiger partial charge on any atom is -0.343 e. The van der Waals surface area contributed by atoms with Gasteiger partial charge in [-0.3, -0.25) is 4.79 Å². The van der Waals surface area contributed by atoms with E-state index in [1.54, 1.807) is 16.8 Å². The number of aromatic nitrogens is 1. The maximum absolute atomic E-state index is 13.4. The Kier molecular flexibility index (Phi) is 3.99. The first-order valence-electron chi connectivity index (χ1n) is 5.63.